The van der Waals surface area contributed by atoms with Gasteiger partial charge in [-0.25, -0.2) is 0 Å². The van der Waals surface area contributed by atoms with Gasteiger partial charge in [0, 0.05) is 18.3 Å². The number of benzene rings is 2. The molecule has 0 saturated heterocycles. The van der Waals surface area contributed by atoms with Crippen molar-refractivity contribution in [2.75, 3.05) is 4.90 Å². The quantitative estimate of drug-likeness (QED) is 0.758. The van der Waals surface area contributed by atoms with E-state index in [0.717, 1.165) is 30.6 Å². The Morgan fingerprint density at radius 3 is 2.48 bits per heavy atom. The summed E-state index contributed by atoms with van der Waals surface area (Å²) in [5, 5.41) is 0. The van der Waals surface area contributed by atoms with E-state index in [1.54, 1.807) is 12.1 Å². The van der Waals surface area contributed by atoms with E-state index >= 15 is 0 Å². The molecule has 1 aliphatic rings. The maximum Gasteiger partial charge on any atom is 0.393 e. The summed E-state index contributed by atoms with van der Waals surface area (Å²) in [6.45, 7) is 2.96. The molecule has 2 aromatic carbocycles. The molecule has 0 spiro atoms. The van der Waals surface area contributed by atoms with Crippen LogP contribution in [0.1, 0.15) is 30.0 Å². The first kappa shape index (κ1) is 15.9. The number of hydrogen-bond donors (Lipinski definition) is 0. The molecule has 2 aromatic rings. The summed E-state index contributed by atoms with van der Waals surface area (Å²) in [4.78, 5) is 2.30. The summed E-state index contributed by atoms with van der Waals surface area (Å²) in [6.07, 6.45) is -3.20. The lowest BCUT2D eigenvalue weighted by atomic mass is 9.93. The van der Waals surface area contributed by atoms with E-state index in [1.165, 1.54) is 5.56 Å². The number of alkyl halides is 3. The molecule has 122 valence electrons. The van der Waals surface area contributed by atoms with Crippen LogP contribution < -0.4 is 4.90 Å². The lowest BCUT2D eigenvalue weighted by Crippen LogP contribution is -2.36. The Labute approximate surface area is 134 Å². The average molecular weight is 319 g/mol. The van der Waals surface area contributed by atoms with Crippen LogP contribution in [0.25, 0.3) is 0 Å². The number of fused-ring (bicyclic) bond motifs is 1. The molecule has 4 heteroatoms. The van der Waals surface area contributed by atoms with E-state index in [9.17, 15) is 13.2 Å². The summed E-state index contributed by atoms with van der Waals surface area (Å²) in [7, 11) is 0. The van der Waals surface area contributed by atoms with Crippen LogP contribution in [-0.2, 0) is 19.4 Å². The molecule has 0 aliphatic carbocycles. The van der Waals surface area contributed by atoms with E-state index in [4.69, 9.17) is 0 Å². The minimum Gasteiger partial charge on any atom is -0.364 e. The van der Waals surface area contributed by atoms with Crippen molar-refractivity contribution in [3.8, 4) is 0 Å². The predicted molar refractivity (Wildman–Crippen MR) is 86.6 cm³/mol. The summed E-state index contributed by atoms with van der Waals surface area (Å²) in [5.41, 5.74) is 3.66. The molecule has 0 amide bonds. The zero-order valence-electron chi connectivity index (χ0n) is 13.1. The SMILES string of the molecule is C[C@H]1CCc2cc(CC(F)(F)F)ccc2N1Cc1ccccc1. The lowest BCUT2D eigenvalue weighted by molar-refractivity contribution is -0.127. The van der Waals surface area contributed by atoms with Crippen molar-refractivity contribution >= 4 is 5.69 Å². The second-order valence-corrected chi connectivity index (χ2v) is 6.26. The van der Waals surface area contributed by atoms with Crippen LogP contribution in [0.15, 0.2) is 48.5 Å². The third-order valence-electron chi connectivity index (χ3n) is 4.42. The number of hydrogen-bond acceptors (Lipinski definition) is 1. The summed E-state index contributed by atoms with van der Waals surface area (Å²) in [6, 6.07) is 15.8. The van der Waals surface area contributed by atoms with Crippen LogP contribution >= 0.6 is 0 Å². The molecule has 23 heavy (non-hydrogen) atoms. The van der Waals surface area contributed by atoms with Gasteiger partial charge >= 0.3 is 6.18 Å². The molecule has 0 aromatic heterocycles. The Morgan fingerprint density at radius 1 is 1.04 bits per heavy atom. The van der Waals surface area contributed by atoms with Crippen molar-refractivity contribution in [3.05, 3.63) is 65.2 Å². The van der Waals surface area contributed by atoms with Gasteiger partial charge in [-0.05, 0) is 42.5 Å². The standard InChI is InChI=1S/C19H20F3N/c1-14-7-9-17-11-16(12-19(20,21)22)8-10-18(17)23(14)13-15-5-3-2-4-6-15/h2-6,8,10-11,14H,7,9,12-13H2,1H3/t14-/m0/s1. The molecular weight excluding hydrogens is 299 g/mol. The predicted octanol–water partition coefficient (Wildman–Crippen LogP) is 5.13. The fourth-order valence-electron chi connectivity index (χ4n) is 3.24. The molecule has 3 rings (SSSR count). The van der Waals surface area contributed by atoms with E-state index in [-0.39, 0.29) is 0 Å². The number of halogens is 3. The monoisotopic (exact) mass is 319 g/mol. The van der Waals surface area contributed by atoms with Crippen LogP contribution in [0, 0.1) is 0 Å². The Hall–Kier alpha value is -1.97. The highest BCUT2D eigenvalue weighted by atomic mass is 19.4. The van der Waals surface area contributed by atoms with Gasteiger partial charge in [0.25, 0.3) is 0 Å². The molecule has 1 atom stereocenters. The lowest BCUT2D eigenvalue weighted by Gasteiger charge is -2.37. The maximum absolute atomic E-state index is 12.6. The van der Waals surface area contributed by atoms with E-state index in [0.29, 0.717) is 11.6 Å². The molecule has 0 fully saturated rings. The smallest absolute Gasteiger partial charge is 0.364 e. The molecular formula is C19H20F3N. The first-order valence-corrected chi connectivity index (χ1v) is 7.91. The summed E-state index contributed by atoms with van der Waals surface area (Å²) >= 11 is 0. The zero-order chi connectivity index (χ0) is 16.4. The highest BCUT2D eigenvalue weighted by Crippen LogP contribution is 2.34. The van der Waals surface area contributed by atoms with Crippen molar-refractivity contribution in [2.24, 2.45) is 0 Å². The third-order valence-corrected chi connectivity index (χ3v) is 4.42. The van der Waals surface area contributed by atoms with Gasteiger partial charge in [-0.15, -0.1) is 0 Å². The van der Waals surface area contributed by atoms with Crippen LogP contribution in [0.2, 0.25) is 0 Å². The van der Waals surface area contributed by atoms with Crippen LogP contribution in [0.4, 0.5) is 18.9 Å². The normalized spacial score (nSPS) is 17.9. The molecule has 0 radical (unpaired) electrons. The topological polar surface area (TPSA) is 3.24 Å². The Morgan fingerprint density at radius 2 is 1.78 bits per heavy atom. The zero-order valence-corrected chi connectivity index (χ0v) is 13.1. The fourth-order valence-corrected chi connectivity index (χ4v) is 3.24. The average Bonchev–Trinajstić information content (AvgIpc) is 2.50. The van der Waals surface area contributed by atoms with Gasteiger partial charge in [0.2, 0.25) is 0 Å². The molecule has 0 saturated carbocycles. The Bertz CT molecular complexity index is 664. The van der Waals surface area contributed by atoms with E-state index in [1.807, 2.05) is 24.3 Å². The van der Waals surface area contributed by atoms with Gasteiger partial charge in [0.15, 0.2) is 0 Å². The molecule has 0 unspecified atom stereocenters. The van der Waals surface area contributed by atoms with E-state index in [2.05, 4.69) is 24.0 Å². The molecule has 1 nitrogen and oxygen atoms in total. The van der Waals surface area contributed by atoms with Crippen LogP contribution in [0.3, 0.4) is 0 Å². The number of nitrogens with zero attached hydrogens (tertiary/aromatic N) is 1. The highest BCUT2D eigenvalue weighted by Gasteiger charge is 2.29. The minimum absolute atomic E-state index is 0.352. The first-order chi connectivity index (χ1) is 10.9. The van der Waals surface area contributed by atoms with Gasteiger partial charge in [-0.2, -0.15) is 13.2 Å². The molecule has 0 bridgehead atoms. The van der Waals surface area contributed by atoms with Crippen LogP contribution in [-0.4, -0.2) is 12.2 Å². The van der Waals surface area contributed by atoms with Gasteiger partial charge in [0.05, 0.1) is 6.42 Å². The van der Waals surface area contributed by atoms with Crippen molar-refractivity contribution in [3.63, 3.8) is 0 Å². The van der Waals surface area contributed by atoms with E-state index < -0.39 is 12.6 Å². The summed E-state index contributed by atoms with van der Waals surface area (Å²) in [5.74, 6) is 0. The first-order valence-electron chi connectivity index (χ1n) is 7.91. The van der Waals surface area contributed by atoms with Crippen LogP contribution in [0.5, 0.6) is 0 Å². The number of aryl methyl sites for hydroxylation is 1. The summed E-state index contributed by atoms with van der Waals surface area (Å²) < 4.78 is 37.8. The second kappa shape index (κ2) is 6.26. The second-order valence-electron chi connectivity index (χ2n) is 6.26. The fraction of sp³-hybridized carbons (Fsp3) is 0.368. The third kappa shape index (κ3) is 3.87. The van der Waals surface area contributed by atoms with Crippen molar-refractivity contribution < 1.29 is 13.2 Å². The molecule has 1 heterocycles. The van der Waals surface area contributed by atoms with Gasteiger partial charge in [-0.1, -0.05) is 42.5 Å². The molecule has 0 N–H and O–H groups in total. The minimum atomic E-state index is -4.15. The largest absolute Gasteiger partial charge is 0.393 e. The number of rotatable bonds is 3. The van der Waals surface area contributed by atoms with Crippen molar-refractivity contribution in [1.82, 2.24) is 0 Å². The Balaban J connectivity index is 1.86. The highest BCUT2D eigenvalue weighted by molar-refractivity contribution is 5.58. The molecule has 1 aliphatic heterocycles. The van der Waals surface area contributed by atoms with Gasteiger partial charge < -0.3 is 4.90 Å². The van der Waals surface area contributed by atoms with Crippen molar-refractivity contribution in [1.29, 1.82) is 0 Å². The number of anilines is 1. The maximum atomic E-state index is 12.6. The van der Waals surface area contributed by atoms with Gasteiger partial charge in [-0.3, -0.25) is 0 Å². The van der Waals surface area contributed by atoms with Gasteiger partial charge in [0.1, 0.15) is 0 Å². The van der Waals surface area contributed by atoms with Crippen molar-refractivity contribution in [2.45, 2.75) is 44.9 Å². The Kier molecular flexibility index (Phi) is 4.33.